The third-order valence-corrected chi connectivity index (χ3v) is 6.78. The van der Waals surface area contributed by atoms with E-state index < -0.39 is 0 Å². The van der Waals surface area contributed by atoms with Gasteiger partial charge in [0.05, 0.1) is 0 Å². The Morgan fingerprint density at radius 2 is 1.17 bits per heavy atom. The molecule has 0 radical (unpaired) electrons. The van der Waals surface area contributed by atoms with Gasteiger partial charge in [-0.05, 0) is 64.4 Å². The quantitative estimate of drug-likeness (QED) is 0.313. The Morgan fingerprint density at radius 3 is 2.07 bits per heavy atom. The van der Waals surface area contributed by atoms with Crippen LogP contribution < -0.4 is 5.32 Å². The molecule has 1 aromatic heterocycles. The van der Waals surface area contributed by atoms with Gasteiger partial charge in [0.25, 0.3) is 0 Å². The lowest BCUT2D eigenvalue weighted by molar-refractivity contribution is 1.56. The van der Waals surface area contributed by atoms with Gasteiger partial charge in [0, 0.05) is 31.5 Å². The van der Waals surface area contributed by atoms with Gasteiger partial charge in [-0.15, -0.1) is 11.3 Å². The first-order valence-corrected chi connectivity index (χ1v) is 10.9. The Kier molecular flexibility index (Phi) is 4.03. The molecule has 1 nitrogen and oxygen atoms in total. The third-order valence-electron chi connectivity index (χ3n) is 5.63. The molecule has 0 spiro atoms. The minimum Gasteiger partial charge on any atom is -0.356 e. The van der Waals surface area contributed by atoms with Gasteiger partial charge < -0.3 is 5.32 Å². The molecule has 0 bridgehead atoms. The summed E-state index contributed by atoms with van der Waals surface area (Å²) in [6.07, 6.45) is 0. The number of hydrogen-bond donors (Lipinski definition) is 1. The van der Waals surface area contributed by atoms with Crippen LogP contribution in [-0.4, -0.2) is 0 Å². The smallest absolute Gasteiger partial charge is 0.0391 e. The Hall–Kier alpha value is -3.62. The minimum atomic E-state index is 1.10. The number of hydrogen-bond acceptors (Lipinski definition) is 2. The van der Waals surface area contributed by atoms with Crippen molar-refractivity contribution in [2.75, 3.05) is 5.32 Å². The van der Waals surface area contributed by atoms with Crippen molar-refractivity contribution in [3.05, 3.63) is 109 Å². The van der Waals surface area contributed by atoms with Crippen LogP contribution in [0.25, 0.3) is 42.1 Å². The second-order valence-electron chi connectivity index (χ2n) is 7.57. The molecule has 142 valence electrons. The number of rotatable bonds is 3. The molecule has 0 aliphatic rings. The van der Waals surface area contributed by atoms with E-state index in [0.717, 1.165) is 11.4 Å². The predicted octanol–water partition coefficient (Wildman–Crippen LogP) is 8.62. The van der Waals surface area contributed by atoms with Crippen molar-refractivity contribution >= 4 is 53.7 Å². The van der Waals surface area contributed by atoms with E-state index in [1.807, 2.05) is 11.3 Å². The first kappa shape index (κ1) is 17.3. The number of fused-ring (bicyclic) bond motifs is 4. The molecule has 1 heterocycles. The Bertz CT molecular complexity index is 1510. The van der Waals surface area contributed by atoms with Crippen molar-refractivity contribution in [2.45, 2.75) is 0 Å². The van der Waals surface area contributed by atoms with E-state index in [-0.39, 0.29) is 0 Å². The SMILES string of the molecule is c1ccc2cc(-c3ccc(Nc4ccc5sc6ccccc6c5c4)cc3)ccc2c1. The maximum atomic E-state index is 3.56. The van der Waals surface area contributed by atoms with Crippen molar-refractivity contribution < 1.29 is 0 Å². The van der Waals surface area contributed by atoms with Gasteiger partial charge in [0.15, 0.2) is 0 Å². The van der Waals surface area contributed by atoms with Gasteiger partial charge in [0.1, 0.15) is 0 Å². The van der Waals surface area contributed by atoms with Crippen molar-refractivity contribution in [3.63, 3.8) is 0 Å². The number of thiophene rings is 1. The summed E-state index contributed by atoms with van der Waals surface area (Å²) in [5.74, 6) is 0. The van der Waals surface area contributed by atoms with Crippen molar-refractivity contribution in [1.82, 2.24) is 0 Å². The van der Waals surface area contributed by atoms with Gasteiger partial charge >= 0.3 is 0 Å². The number of benzene rings is 5. The number of anilines is 2. The highest BCUT2D eigenvalue weighted by molar-refractivity contribution is 7.25. The van der Waals surface area contributed by atoms with Crippen molar-refractivity contribution in [2.24, 2.45) is 0 Å². The molecule has 0 aliphatic carbocycles. The van der Waals surface area contributed by atoms with E-state index in [1.54, 1.807) is 0 Å². The highest BCUT2D eigenvalue weighted by Crippen LogP contribution is 2.36. The van der Waals surface area contributed by atoms with Crippen LogP contribution in [0.2, 0.25) is 0 Å². The highest BCUT2D eigenvalue weighted by atomic mass is 32.1. The normalized spacial score (nSPS) is 11.3. The molecular formula is C28H19NS. The van der Waals surface area contributed by atoms with Crippen LogP contribution in [0.3, 0.4) is 0 Å². The van der Waals surface area contributed by atoms with Crippen LogP contribution in [0.1, 0.15) is 0 Å². The molecule has 5 aromatic carbocycles. The maximum absolute atomic E-state index is 3.56. The predicted molar refractivity (Wildman–Crippen MR) is 132 cm³/mol. The molecule has 0 atom stereocenters. The Morgan fingerprint density at radius 1 is 0.467 bits per heavy atom. The summed E-state index contributed by atoms with van der Waals surface area (Å²) in [4.78, 5) is 0. The summed E-state index contributed by atoms with van der Waals surface area (Å²) in [6, 6.07) is 39.1. The monoisotopic (exact) mass is 401 g/mol. The van der Waals surface area contributed by atoms with Crippen LogP contribution >= 0.6 is 11.3 Å². The molecular weight excluding hydrogens is 382 g/mol. The van der Waals surface area contributed by atoms with Gasteiger partial charge in [-0.2, -0.15) is 0 Å². The average molecular weight is 402 g/mol. The summed E-state index contributed by atoms with van der Waals surface area (Å²) < 4.78 is 2.66. The van der Waals surface area contributed by atoms with Crippen LogP contribution in [0.4, 0.5) is 11.4 Å². The van der Waals surface area contributed by atoms with Crippen molar-refractivity contribution in [1.29, 1.82) is 0 Å². The van der Waals surface area contributed by atoms with Gasteiger partial charge in [-0.1, -0.05) is 66.7 Å². The molecule has 30 heavy (non-hydrogen) atoms. The lowest BCUT2D eigenvalue weighted by atomic mass is 10.0. The molecule has 6 rings (SSSR count). The average Bonchev–Trinajstić information content (AvgIpc) is 3.17. The van der Waals surface area contributed by atoms with E-state index >= 15 is 0 Å². The minimum absolute atomic E-state index is 1.10. The first-order valence-electron chi connectivity index (χ1n) is 10.1. The highest BCUT2D eigenvalue weighted by Gasteiger charge is 2.06. The van der Waals surface area contributed by atoms with Crippen molar-refractivity contribution in [3.8, 4) is 11.1 Å². The van der Waals surface area contributed by atoms with E-state index in [2.05, 4.69) is 115 Å². The summed E-state index contributed by atoms with van der Waals surface area (Å²) in [7, 11) is 0. The summed E-state index contributed by atoms with van der Waals surface area (Å²) in [5.41, 5.74) is 4.68. The van der Waals surface area contributed by atoms with Crippen LogP contribution in [0.15, 0.2) is 109 Å². The summed E-state index contributed by atoms with van der Waals surface area (Å²) in [6.45, 7) is 0. The second kappa shape index (κ2) is 7.01. The fourth-order valence-corrected chi connectivity index (χ4v) is 5.17. The van der Waals surface area contributed by atoms with Crippen LogP contribution in [0, 0.1) is 0 Å². The molecule has 0 saturated heterocycles. The van der Waals surface area contributed by atoms with Crippen LogP contribution in [-0.2, 0) is 0 Å². The molecule has 0 unspecified atom stereocenters. The largest absolute Gasteiger partial charge is 0.356 e. The van der Waals surface area contributed by atoms with E-state index in [0.29, 0.717) is 0 Å². The zero-order chi connectivity index (χ0) is 19.9. The zero-order valence-electron chi connectivity index (χ0n) is 16.3. The molecule has 0 saturated carbocycles. The third kappa shape index (κ3) is 3.02. The molecule has 0 fully saturated rings. The molecule has 0 aliphatic heterocycles. The maximum Gasteiger partial charge on any atom is 0.0391 e. The van der Waals surface area contributed by atoms with Gasteiger partial charge in [-0.25, -0.2) is 0 Å². The number of nitrogens with one attached hydrogen (secondary N) is 1. The van der Waals surface area contributed by atoms with Crippen LogP contribution in [0.5, 0.6) is 0 Å². The Balaban J connectivity index is 1.30. The van der Waals surface area contributed by atoms with Gasteiger partial charge in [0.2, 0.25) is 0 Å². The molecule has 2 heteroatoms. The fourth-order valence-electron chi connectivity index (χ4n) is 4.09. The van der Waals surface area contributed by atoms with Gasteiger partial charge in [-0.3, -0.25) is 0 Å². The first-order chi connectivity index (χ1) is 14.8. The summed E-state index contributed by atoms with van der Waals surface area (Å²) >= 11 is 1.85. The molecule has 1 N–H and O–H groups in total. The molecule has 0 amide bonds. The Labute approximate surface area is 179 Å². The lowest BCUT2D eigenvalue weighted by Crippen LogP contribution is -1.89. The van der Waals surface area contributed by atoms with E-state index in [9.17, 15) is 0 Å². The lowest BCUT2D eigenvalue weighted by Gasteiger charge is -2.09. The zero-order valence-corrected chi connectivity index (χ0v) is 17.1. The van der Waals surface area contributed by atoms with E-state index in [1.165, 1.54) is 42.1 Å². The molecule has 6 aromatic rings. The topological polar surface area (TPSA) is 12.0 Å². The summed E-state index contributed by atoms with van der Waals surface area (Å²) in [5, 5.41) is 8.75. The second-order valence-corrected chi connectivity index (χ2v) is 8.66. The standard InChI is InChI=1S/C28H19NS/c1-2-6-21-17-22(10-9-19(21)5-1)20-11-13-23(14-12-20)29-24-15-16-28-26(18-24)25-7-3-4-8-27(25)30-28/h1-18,29H. The van der Waals surface area contributed by atoms with E-state index in [4.69, 9.17) is 0 Å². The fraction of sp³-hybridized carbons (Fsp3) is 0.